The molecular formula is C84H142N2Pd. The molecule has 0 saturated carbocycles. The number of rotatable bonds is 54. The summed E-state index contributed by atoms with van der Waals surface area (Å²) in [6.07, 6.45) is 69.6. The van der Waals surface area contributed by atoms with Gasteiger partial charge in [-0.15, -0.1) is 0 Å². The van der Waals surface area contributed by atoms with E-state index >= 15 is 0 Å². The summed E-state index contributed by atoms with van der Waals surface area (Å²) in [5, 5.41) is 0. The Labute approximate surface area is 552 Å². The summed E-state index contributed by atoms with van der Waals surface area (Å²) in [6, 6.07) is 10.2. The van der Waals surface area contributed by atoms with Crippen molar-refractivity contribution in [3.8, 4) is 20.6 Å². The Balaban J connectivity index is 0.000000706. The van der Waals surface area contributed by atoms with Gasteiger partial charge in [0, 0.05) is 22.3 Å². The zero-order valence-electron chi connectivity index (χ0n) is 59.7. The van der Waals surface area contributed by atoms with Crippen molar-refractivity contribution in [2.24, 2.45) is 0 Å². The van der Waals surface area contributed by atoms with E-state index in [9.17, 15) is 5.53 Å². The summed E-state index contributed by atoms with van der Waals surface area (Å²) < 4.78 is 8.31. The van der Waals surface area contributed by atoms with Gasteiger partial charge in [0.25, 0.3) is 0 Å². The summed E-state index contributed by atoms with van der Waals surface area (Å²) in [5.74, 6) is 6.67. The molecule has 3 heteroatoms. The number of nitrogens with zero attached hydrogens (tertiary/aromatic N) is 2. The fraction of sp³-hybridized carbons (Fsp3) is 0.762. The molecule has 1 aliphatic rings. The molecule has 0 spiro atoms. The molecule has 0 amide bonds. The molecular weight excluding hydrogens is 1140 g/mol. The van der Waals surface area contributed by atoms with Crippen LogP contribution in [0.1, 0.15) is 422 Å². The quantitative estimate of drug-likeness (QED) is 0.0273. The first-order valence-corrected chi connectivity index (χ1v) is 40.2. The minimum Gasteiger partial charge on any atom is -0.493 e. The third-order valence-corrected chi connectivity index (χ3v) is 19.5. The Bertz CT molecular complexity index is 2000. The molecule has 1 aliphatic heterocycles. The maximum absolute atomic E-state index is 12.9. The molecule has 0 N–H and O–H groups in total. The van der Waals surface area contributed by atoms with E-state index in [1.165, 1.54) is 292 Å². The maximum atomic E-state index is 12.9. The van der Waals surface area contributed by atoms with Crippen LogP contribution in [0.4, 0.5) is 0 Å². The SMILES string of the molecule is CCCCCCCCCCCCCC#[C][Pd][C]#CCCCCCCCCCCCCC.CCCCCc1cc(C2=C(CCCC)C(CCCC)=C(c3cc(CCCCC)c(CCCCC)c(CCCCC)c3)[N+]2=[N-])cc(CCCCC)c1CCCCC. The van der Waals surface area contributed by atoms with Crippen molar-refractivity contribution in [1.82, 2.24) is 0 Å². The van der Waals surface area contributed by atoms with E-state index in [-0.39, 0.29) is 0 Å². The van der Waals surface area contributed by atoms with Gasteiger partial charge in [-0.2, -0.15) is 0 Å². The molecule has 0 fully saturated rings. The third kappa shape index (κ3) is 36.2. The molecule has 0 atom stereocenters. The second-order valence-electron chi connectivity index (χ2n) is 26.6. The van der Waals surface area contributed by atoms with Crippen molar-refractivity contribution < 1.29 is 22.7 Å². The molecule has 87 heavy (non-hydrogen) atoms. The van der Waals surface area contributed by atoms with Gasteiger partial charge in [0.1, 0.15) is 0 Å². The molecule has 0 aliphatic carbocycles. The molecule has 498 valence electrons. The van der Waals surface area contributed by atoms with Gasteiger partial charge in [0.2, 0.25) is 11.4 Å². The van der Waals surface area contributed by atoms with Crippen LogP contribution >= 0.6 is 0 Å². The van der Waals surface area contributed by atoms with Crippen LogP contribution in [0.2, 0.25) is 0 Å². The molecule has 0 saturated heterocycles. The van der Waals surface area contributed by atoms with Gasteiger partial charge in [0.05, 0.1) is 0 Å². The monoisotopic (exact) mass is 1290 g/mol. The fourth-order valence-electron chi connectivity index (χ4n) is 13.2. The number of allylic oxidation sites excluding steroid dienone is 2. The van der Waals surface area contributed by atoms with Crippen LogP contribution < -0.4 is 0 Å². The van der Waals surface area contributed by atoms with Gasteiger partial charge in [-0.3, -0.25) is 0 Å². The van der Waals surface area contributed by atoms with E-state index < -0.39 is 0 Å². The van der Waals surface area contributed by atoms with E-state index in [1.807, 2.05) is 0 Å². The van der Waals surface area contributed by atoms with Crippen molar-refractivity contribution in [2.45, 2.75) is 416 Å². The van der Waals surface area contributed by atoms with Crippen molar-refractivity contribution in [2.75, 3.05) is 0 Å². The fourth-order valence-corrected chi connectivity index (χ4v) is 13.9. The van der Waals surface area contributed by atoms with Crippen LogP contribution in [0.15, 0.2) is 35.4 Å². The van der Waals surface area contributed by atoms with Crippen LogP contribution in [0.3, 0.4) is 0 Å². The predicted molar refractivity (Wildman–Crippen MR) is 386 cm³/mol. The number of aryl methyl sites for hydroxylation is 4. The minimum atomic E-state index is 0.340. The summed E-state index contributed by atoms with van der Waals surface area (Å²) >= 11 is 0.340. The average molecular weight is 1290 g/mol. The normalized spacial score (nSPS) is 12.3. The number of benzene rings is 2. The van der Waals surface area contributed by atoms with Gasteiger partial charge < -0.3 is 5.53 Å². The van der Waals surface area contributed by atoms with E-state index in [1.54, 1.807) is 38.1 Å². The predicted octanol–water partition coefficient (Wildman–Crippen LogP) is 28.0. The number of hydrogen-bond acceptors (Lipinski definition) is 0. The second-order valence-corrected chi connectivity index (χ2v) is 27.8. The van der Waals surface area contributed by atoms with Gasteiger partial charge >= 0.3 is 167 Å². The summed E-state index contributed by atoms with van der Waals surface area (Å²) in [6.45, 7) is 23.2. The van der Waals surface area contributed by atoms with Crippen LogP contribution in [0, 0.1) is 20.6 Å². The summed E-state index contributed by atoms with van der Waals surface area (Å²) in [4.78, 5) is 0. The average Bonchev–Trinajstić information content (AvgIpc) is 1.67. The summed E-state index contributed by atoms with van der Waals surface area (Å²) in [7, 11) is 0. The van der Waals surface area contributed by atoms with Crippen LogP contribution in [0.5, 0.6) is 0 Å². The first kappa shape index (κ1) is 80.4. The molecule has 0 bridgehead atoms. The molecule has 2 nitrogen and oxygen atoms in total. The minimum absolute atomic E-state index is 0.340. The molecule has 0 unspecified atom stereocenters. The zero-order valence-corrected chi connectivity index (χ0v) is 61.3. The first-order valence-electron chi connectivity index (χ1n) is 38.6. The Kier molecular flexibility index (Phi) is 52.9. The Morgan fingerprint density at radius 2 is 0.506 bits per heavy atom. The van der Waals surface area contributed by atoms with E-state index in [0.717, 1.165) is 88.4 Å². The van der Waals surface area contributed by atoms with Gasteiger partial charge in [-0.1, -0.05) is 185 Å². The topological polar surface area (TPSA) is 25.3 Å². The van der Waals surface area contributed by atoms with E-state index in [2.05, 4.69) is 114 Å². The van der Waals surface area contributed by atoms with Crippen molar-refractivity contribution in [3.63, 3.8) is 0 Å². The molecule has 1 heterocycles. The van der Waals surface area contributed by atoms with Crippen molar-refractivity contribution in [3.05, 3.63) is 85.5 Å². The number of unbranched alkanes of at least 4 members (excludes halogenated alkanes) is 36. The summed E-state index contributed by atoms with van der Waals surface area (Å²) in [5.41, 5.74) is 30.0. The number of hydrogen-bond donors (Lipinski definition) is 0. The molecule has 2 aromatic carbocycles. The van der Waals surface area contributed by atoms with Crippen LogP contribution in [0.25, 0.3) is 16.9 Å². The van der Waals surface area contributed by atoms with Crippen LogP contribution in [-0.4, -0.2) is 4.70 Å². The Morgan fingerprint density at radius 3 is 0.770 bits per heavy atom. The standard InChI is InChI=1S/C54H88N2.2C15H27.Pd/c1-9-17-25-31-43-39-47(40-44(32-26-18-10-2)49(43)37-29-21-13-5)53-51(35-23-15-7)52(36-24-16-8)54(56(53)55)48-41-45(33-27-19-11-3)50(38-30-22-14-6)46(42-48)34-28-20-12-4;2*1-3-5-7-9-11-13-15-14-12-10-8-6-4-2;/h39-42H,9-38H2,1-8H3;2*3,5-15H2,1H3;. The van der Waals surface area contributed by atoms with Gasteiger partial charge in [-0.25, -0.2) is 4.70 Å². The first-order chi connectivity index (χ1) is 42.8. The Morgan fingerprint density at radius 1 is 0.276 bits per heavy atom. The second kappa shape index (κ2) is 57.2. The van der Waals surface area contributed by atoms with Gasteiger partial charge in [-0.05, 0) is 160 Å². The van der Waals surface area contributed by atoms with Crippen LogP contribution in [-0.2, 0) is 56.5 Å². The van der Waals surface area contributed by atoms with Crippen molar-refractivity contribution in [1.29, 1.82) is 0 Å². The molecule has 2 aromatic rings. The van der Waals surface area contributed by atoms with Gasteiger partial charge in [0.15, 0.2) is 0 Å². The Hall–Kier alpha value is -2.70. The molecule has 0 radical (unpaired) electrons. The van der Waals surface area contributed by atoms with E-state index in [0.29, 0.717) is 18.0 Å². The third-order valence-electron chi connectivity index (χ3n) is 18.6. The van der Waals surface area contributed by atoms with E-state index in [4.69, 9.17) is 0 Å². The zero-order chi connectivity index (χ0) is 63.1. The molecule has 0 aromatic heterocycles. The van der Waals surface area contributed by atoms with Crippen molar-refractivity contribution >= 4 is 11.4 Å². The molecule has 3 rings (SSSR count). The smallest absolute Gasteiger partial charge is 0.493 e.